The second kappa shape index (κ2) is 5.90. The highest BCUT2D eigenvalue weighted by atomic mass is 32.1. The summed E-state index contributed by atoms with van der Waals surface area (Å²) in [5.41, 5.74) is 2.12. The number of nitrogens with zero attached hydrogens (tertiary/aromatic N) is 2. The van der Waals surface area contributed by atoms with Gasteiger partial charge in [-0.3, -0.25) is 4.79 Å². The Labute approximate surface area is 115 Å². The van der Waals surface area contributed by atoms with E-state index in [1.807, 2.05) is 13.8 Å². The van der Waals surface area contributed by atoms with Gasteiger partial charge < -0.3 is 10.4 Å². The summed E-state index contributed by atoms with van der Waals surface area (Å²) >= 11 is 1.09. The summed E-state index contributed by atoms with van der Waals surface area (Å²) in [5, 5.41) is 15.8. The van der Waals surface area contributed by atoms with E-state index in [1.54, 1.807) is 24.3 Å². The molecule has 0 fully saturated rings. The van der Waals surface area contributed by atoms with Gasteiger partial charge in [-0.05, 0) is 35.1 Å². The lowest BCUT2D eigenvalue weighted by molar-refractivity contribution is 0.102. The van der Waals surface area contributed by atoms with Crippen molar-refractivity contribution in [3.63, 3.8) is 0 Å². The second-order valence-electron chi connectivity index (χ2n) is 4.45. The summed E-state index contributed by atoms with van der Waals surface area (Å²) in [4.78, 5) is 12.7. The lowest BCUT2D eigenvalue weighted by Gasteiger charge is -2.07. The maximum absolute atomic E-state index is 12.2. The van der Waals surface area contributed by atoms with Crippen LogP contribution in [0.1, 0.15) is 40.7 Å². The smallest absolute Gasteiger partial charge is 0.269 e. The maximum atomic E-state index is 12.2. The molecule has 0 radical (unpaired) electrons. The molecule has 0 aliphatic carbocycles. The number of carbonyl (C=O) groups is 1. The minimum absolute atomic E-state index is 0.0525. The Bertz CT molecular complexity index is 581. The molecule has 1 aromatic heterocycles. The number of nitrogens with one attached hydrogen (secondary N) is 1. The first-order valence-electron chi connectivity index (χ1n) is 5.95. The van der Waals surface area contributed by atoms with E-state index in [2.05, 4.69) is 14.9 Å². The number of aliphatic hydroxyl groups excluding tert-OH is 1. The van der Waals surface area contributed by atoms with E-state index in [4.69, 9.17) is 5.11 Å². The highest BCUT2D eigenvalue weighted by Crippen LogP contribution is 2.21. The van der Waals surface area contributed by atoms with E-state index >= 15 is 0 Å². The topological polar surface area (TPSA) is 75.1 Å². The molecule has 100 valence electrons. The van der Waals surface area contributed by atoms with Crippen LogP contribution in [0.4, 0.5) is 5.69 Å². The van der Waals surface area contributed by atoms with Crippen LogP contribution in [-0.4, -0.2) is 20.6 Å². The SMILES string of the molecule is CC(C)c1nnsc1C(=O)Nc1cccc(CO)c1. The number of benzene rings is 1. The maximum Gasteiger partial charge on any atom is 0.269 e. The van der Waals surface area contributed by atoms with Gasteiger partial charge in [0.15, 0.2) is 0 Å². The Kier molecular flexibility index (Phi) is 4.24. The lowest BCUT2D eigenvalue weighted by Crippen LogP contribution is -2.13. The van der Waals surface area contributed by atoms with E-state index in [0.717, 1.165) is 17.1 Å². The van der Waals surface area contributed by atoms with Crippen molar-refractivity contribution in [1.29, 1.82) is 0 Å². The van der Waals surface area contributed by atoms with E-state index in [1.165, 1.54) is 0 Å². The zero-order valence-electron chi connectivity index (χ0n) is 10.8. The van der Waals surface area contributed by atoms with Crippen molar-refractivity contribution in [2.45, 2.75) is 26.4 Å². The van der Waals surface area contributed by atoms with Crippen LogP contribution < -0.4 is 5.32 Å². The van der Waals surface area contributed by atoms with Crippen LogP contribution in [-0.2, 0) is 6.61 Å². The fraction of sp³-hybridized carbons (Fsp3) is 0.308. The van der Waals surface area contributed by atoms with E-state index in [-0.39, 0.29) is 18.4 Å². The number of amides is 1. The van der Waals surface area contributed by atoms with Gasteiger partial charge in [0.1, 0.15) is 4.88 Å². The molecule has 0 unspecified atom stereocenters. The van der Waals surface area contributed by atoms with Crippen LogP contribution in [0.25, 0.3) is 0 Å². The number of carbonyl (C=O) groups excluding carboxylic acids is 1. The molecule has 5 nitrogen and oxygen atoms in total. The molecule has 6 heteroatoms. The Hall–Kier alpha value is -1.79. The molecule has 0 bridgehead atoms. The summed E-state index contributed by atoms with van der Waals surface area (Å²) in [6.07, 6.45) is 0. The molecule has 2 rings (SSSR count). The Morgan fingerprint density at radius 1 is 1.47 bits per heavy atom. The van der Waals surface area contributed by atoms with Gasteiger partial charge >= 0.3 is 0 Å². The third-order valence-corrected chi connectivity index (χ3v) is 3.37. The number of aliphatic hydroxyl groups is 1. The summed E-state index contributed by atoms with van der Waals surface area (Å²) in [6.45, 7) is 3.89. The lowest BCUT2D eigenvalue weighted by atomic mass is 10.1. The highest BCUT2D eigenvalue weighted by Gasteiger charge is 2.18. The summed E-state index contributed by atoms with van der Waals surface area (Å²) < 4.78 is 3.83. The fourth-order valence-corrected chi connectivity index (χ4v) is 2.38. The normalized spacial score (nSPS) is 10.7. The van der Waals surface area contributed by atoms with Crippen molar-refractivity contribution in [1.82, 2.24) is 9.59 Å². The molecule has 0 saturated carbocycles. The molecule has 19 heavy (non-hydrogen) atoms. The molecule has 0 aliphatic rings. The van der Waals surface area contributed by atoms with Crippen molar-refractivity contribution >= 4 is 23.1 Å². The number of anilines is 1. The third-order valence-electron chi connectivity index (χ3n) is 2.63. The molecule has 0 atom stereocenters. The average Bonchev–Trinajstić information content (AvgIpc) is 2.88. The van der Waals surface area contributed by atoms with Crippen molar-refractivity contribution in [2.75, 3.05) is 5.32 Å². The molecule has 0 saturated heterocycles. The standard InChI is InChI=1S/C13H15N3O2S/c1-8(2)11-12(19-16-15-11)13(18)14-10-5-3-4-9(6-10)7-17/h3-6,8,17H,7H2,1-2H3,(H,14,18). The largest absolute Gasteiger partial charge is 0.392 e. The van der Waals surface area contributed by atoms with Crippen LogP contribution in [0.2, 0.25) is 0 Å². The van der Waals surface area contributed by atoms with Crippen LogP contribution in [0.15, 0.2) is 24.3 Å². The molecular weight excluding hydrogens is 262 g/mol. The fourth-order valence-electron chi connectivity index (χ4n) is 1.67. The van der Waals surface area contributed by atoms with Gasteiger partial charge in [0, 0.05) is 5.69 Å². The van der Waals surface area contributed by atoms with E-state index in [0.29, 0.717) is 16.3 Å². The van der Waals surface area contributed by atoms with Crippen molar-refractivity contribution in [2.24, 2.45) is 0 Å². The van der Waals surface area contributed by atoms with Crippen LogP contribution in [0, 0.1) is 0 Å². The van der Waals surface area contributed by atoms with Gasteiger partial charge in [-0.15, -0.1) is 5.10 Å². The molecule has 2 N–H and O–H groups in total. The van der Waals surface area contributed by atoms with Crippen LogP contribution in [0.5, 0.6) is 0 Å². The van der Waals surface area contributed by atoms with Crippen LogP contribution in [0.3, 0.4) is 0 Å². The first-order chi connectivity index (χ1) is 9.11. The Balaban J connectivity index is 2.18. The third kappa shape index (κ3) is 3.15. The monoisotopic (exact) mass is 277 g/mol. The van der Waals surface area contributed by atoms with E-state index < -0.39 is 0 Å². The highest BCUT2D eigenvalue weighted by molar-refractivity contribution is 7.08. The second-order valence-corrected chi connectivity index (χ2v) is 5.21. The van der Waals surface area contributed by atoms with Crippen molar-refractivity contribution in [3.8, 4) is 0 Å². The first-order valence-corrected chi connectivity index (χ1v) is 6.72. The van der Waals surface area contributed by atoms with Gasteiger partial charge in [0.05, 0.1) is 12.3 Å². The molecule has 2 aromatic rings. The van der Waals surface area contributed by atoms with E-state index in [9.17, 15) is 4.79 Å². The van der Waals surface area contributed by atoms with Gasteiger partial charge in [0.25, 0.3) is 5.91 Å². The Morgan fingerprint density at radius 2 is 2.26 bits per heavy atom. The van der Waals surface area contributed by atoms with Gasteiger partial charge in [0.2, 0.25) is 0 Å². The zero-order valence-corrected chi connectivity index (χ0v) is 11.6. The minimum atomic E-state index is -0.214. The minimum Gasteiger partial charge on any atom is -0.392 e. The van der Waals surface area contributed by atoms with Gasteiger partial charge in [-0.2, -0.15) is 0 Å². The molecular formula is C13H15N3O2S. The molecule has 0 aliphatic heterocycles. The van der Waals surface area contributed by atoms with Crippen molar-refractivity contribution in [3.05, 3.63) is 40.4 Å². The van der Waals surface area contributed by atoms with Gasteiger partial charge in [-0.25, -0.2) is 0 Å². The summed E-state index contributed by atoms with van der Waals surface area (Å²) in [6, 6.07) is 7.10. The number of aromatic nitrogens is 2. The molecule has 1 heterocycles. The Morgan fingerprint density at radius 3 is 2.95 bits per heavy atom. The summed E-state index contributed by atoms with van der Waals surface area (Å²) in [5.74, 6) is -0.0583. The van der Waals surface area contributed by atoms with Crippen LogP contribution >= 0.6 is 11.5 Å². The quantitative estimate of drug-likeness (QED) is 0.900. The van der Waals surface area contributed by atoms with Crippen molar-refractivity contribution < 1.29 is 9.90 Å². The number of rotatable bonds is 4. The molecule has 1 aromatic carbocycles. The van der Waals surface area contributed by atoms with Gasteiger partial charge in [-0.1, -0.05) is 30.5 Å². The molecule has 0 spiro atoms. The predicted octanol–water partition coefficient (Wildman–Crippen LogP) is 2.41. The summed E-state index contributed by atoms with van der Waals surface area (Å²) in [7, 11) is 0. The first kappa shape index (κ1) is 13.6. The average molecular weight is 277 g/mol. The predicted molar refractivity (Wildman–Crippen MR) is 74.3 cm³/mol. The molecule has 1 amide bonds. The number of hydrogen-bond donors (Lipinski definition) is 2. The number of hydrogen-bond acceptors (Lipinski definition) is 5. The zero-order chi connectivity index (χ0) is 13.8.